The third-order valence-corrected chi connectivity index (χ3v) is 8.30. The molecule has 3 aliphatic rings. The Bertz CT molecular complexity index is 1240. The van der Waals surface area contributed by atoms with Crippen LogP contribution in [0.25, 0.3) is 10.9 Å². The Balaban J connectivity index is 1.20. The Morgan fingerprint density at radius 3 is 2.49 bits per heavy atom. The van der Waals surface area contributed by atoms with Crippen molar-refractivity contribution in [3.05, 3.63) is 70.9 Å². The highest BCUT2D eigenvalue weighted by atomic mass is 35.5. The van der Waals surface area contributed by atoms with E-state index in [2.05, 4.69) is 33.4 Å². The van der Waals surface area contributed by atoms with E-state index < -0.39 is 11.6 Å². The van der Waals surface area contributed by atoms with E-state index >= 15 is 0 Å². The lowest BCUT2D eigenvalue weighted by molar-refractivity contribution is -0.161. The maximum atomic E-state index is 13.8. The average molecular weight is 491 g/mol. The highest BCUT2D eigenvalue weighted by Gasteiger charge is 2.54. The van der Waals surface area contributed by atoms with Gasteiger partial charge in [-0.15, -0.1) is 0 Å². The van der Waals surface area contributed by atoms with Gasteiger partial charge in [-0.1, -0.05) is 41.9 Å². The summed E-state index contributed by atoms with van der Waals surface area (Å²) in [4.78, 5) is 35.2. The maximum Gasteiger partial charge on any atom is 0.246 e. The highest BCUT2D eigenvalue weighted by molar-refractivity contribution is 6.30. The molecule has 3 fully saturated rings. The van der Waals surface area contributed by atoms with Gasteiger partial charge in [0.15, 0.2) is 0 Å². The molecule has 3 aromatic rings. The van der Waals surface area contributed by atoms with Crippen molar-refractivity contribution in [3.8, 4) is 0 Å². The van der Waals surface area contributed by atoms with Crippen LogP contribution in [0.3, 0.4) is 0 Å². The molecule has 6 rings (SSSR count). The van der Waals surface area contributed by atoms with E-state index in [1.54, 1.807) is 0 Å². The highest BCUT2D eigenvalue weighted by Crippen LogP contribution is 2.39. The zero-order chi connectivity index (χ0) is 24.0. The van der Waals surface area contributed by atoms with Crippen LogP contribution < -0.4 is 5.32 Å². The Kier molecular flexibility index (Phi) is 5.81. The number of hydrogen-bond acceptors (Lipinski definition) is 3. The lowest BCUT2D eigenvalue weighted by Gasteiger charge is -2.51. The zero-order valence-corrected chi connectivity index (χ0v) is 20.6. The molecule has 182 valence electrons. The third kappa shape index (κ3) is 4.34. The predicted octanol–water partition coefficient (Wildman–Crippen LogP) is 4.14. The standard InChI is InChI=1S/C28H31ClN4O2/c29-22-9-7-19(8-10-22)17-32-13-11-28(12-14-32)27(35)31-25(26(34)33(28)18-20-5-6-20)15-21-16-30-24-4-2-1-3-23(21)24/h1-4,7-10,16,20,25,30H,5-6,11-15,17-18H2,(H,31,35)/t25-/m1/s1. The summed E-state index contributed by atoms with van der Waals surface area (Å²) in [5.74, 6) is 0.629. The number of likely N-dealkylation sites (tertiary alicyclic amines) is 1. The molecule has 2 aliphatic heterocycles. The molecule has 0 unspecified atom stereocenters. The fraction of sp³-hybridized carbons (Fsp3) is 0.429. The predicted molar refractivity (Wildman–Crippen MR) is 137 cm³/mol. The molecule has 1 atom stereocenters. The molecule has 1 spiro atoms. The number of piperazine rings is 1. The van der Waals surface area contributed by atoms with Crippen molar-refractivity contribution >= 4 is 34.3 Å². The molecule has 3 heterocycles. The minimum absolute atomic E-state index is 0.0220. The molecule has 0 bridgehead atoms. The van der Waals surface area contributed by atoms with Crippen LogP contribution >= 0.6 is 11.6 Å². The van der Waals surface area contributed by atoms with Crippen molar-refractivity contribution < 1.29 is 9.59 Å². The van der Waals surface area contributed by atoms with Gasteiger partial charge < -0.3 is 15.2 Å². The molecule has 7 heteroatoms. The Labute approximate surface area is 210 Å². The Morgan fingerprint density at radius 2 is 1.74 bits per heavy atom. The molecular formula is C28H31ClN4O2. The number of carbonyl (C=O) groups excluding carboxylic acids is 2. The number of para-hydroxylation sites is 1. The first kappa shape index (κ1) is 22.6. The monoisotopic (exact) mass is 490 g/mol. The van der Waals surface area contributed by atoms with Gasteiger partial charge in [-0.25, -0.2) is 0 Å². The summed E-state index contributed by atoms with van der Waals surface area (Å²) in [6.07, 6.45) is 6.12. The summed E-state index contributed by atoms with van der Waals surface area (Å²) in [5.41, 5.74) is 2.60. The molecule has 0 radical (unpaired) electrons. The smallest absolute Gasteiger partial charge is 0.246 e. The number of hydrogen-bond donors (Lipinski definition) is 2. The fourth-order valence-corrected chi connectivity index (χ4v) is 5.91. The number of rotatable bonds is 6. The summed E-state index contributed by atoms with van der Waals surface area (Å²) in [7, 11) is 0. The lowest BCUT2D eigenvalue weighted by atomic mass is 9.80. The summed E-state index contributed by atoms with van der Waals surface area (Å²) in [6.45, 7) is 3.11. The molecule has 2 saturated heterocycles. The van der Waals surface area contributed by atoms with Crippen molar-refractivity contribution in [1.82, 2.24) is 20.1 Å². The molecule has 2 N–H and O–H groups in total. The van der Waals surface area contributed by atoms with Gasteiger partial charge in [-0.3, -0.25) is 14.5 Å². The topological polar surface area (TPSA) is 68.4 Å². The Hall–Kier alpha value is -2.83. The number of aromatic amines is 1. The van der Waals surface area contributed by atoms with Crippen LogP contribution in [0.15, 0.2) is 54.7 Å². The van der Waals surface area contributed by atoms with Crippen LogP contribution in [0, 0.1) is 5.92 Å². The third-order valence-electron chi connectivity index (χ3n) is 8.05. The minimum Gasteiger partial charge on any atom is -0.361 e. The van der Waals surface area contributed by atoms with Crippen LogP contribution in [-0.4, -0.2) is 57.8 Å². The number of carbonyl (C=O) groups is 2. The zero-order valence-electron chi connectivity index (χ0n) is 19.8. The van der Waals surface area contributed by atoms with E-state index in [0.717, 1.165) is 54.0 Å². The van der Waals surface area contributed by atoms with Gasteiger partial charge in [-0.05, 0) is 60.9 Å². The molecule has 2 amide bonds. The molecule has 1 aliphatic carbocycles. The van der Waals surface area contributed by atoms with Crippen molar-refractivity contribution in [3.63, 3.8) is 0 Å². The molecule has 1 aromatic heterocycles. The normalized spacial score (nSPS) is 22.7. The van der Waals surface area contributed by atoms with Crippen molar-refractivity contribution in [2.45, 2.75) is 50.2 Å². The number of piperidine rings is 1. The van der Waals surface area contributed by atoms with Gasteiger partial charge in [0, 0.05) is 54.7 Å². The summed E-state index contributed by atoms with van der Waals surface area (Å²) >= 11 is 6.03. The second-order valence-corrected chi connectivity index (χ2v) is 10.9. The van der Waals surface area contributed by atoms with Crippen LogP contribution in [0.2, 0.25) is 5.02 Å². The van der Waals surface area contributed by atoms with Gasteiger partial charge in [0.2, 0.25) is 11.8 Å². The van der Waals surface area contributed by atoms with Crippen LogP contribution in [0.1, 0.15) is 36.8 Å². The van der Waals surface area contributed by atoms with Crippen molar-refractivity contribution in [2.24, 2.45) is 5.92 Å². The van der Waals surface area contributed by atoms with Gasteiger partial charge >= 0.3 is 0 Å². The number of nitrogens with one attached hydrogen (secondary N) is 2. The quantitative estimate of drug-likeness (QED) is 0.545. The number of halogens is 1. The van der Waals surface area contributed by atoms with Crippen molar-refractivity contribution in [1.29, 1.82) is 0 Å². The van der Waals surface area contributed by atoms with E-state index in [9.17, 15) is 9.59 Å². The number of benzene rings is 2. The second-order valence-electron chi connectivity index (χ2n) is 10.4. The first-order valence-electron chi connectivity index (χ1n) is 12.7. The number of nitrogens with zero attached hydrogens (tertiary/aromatic N) is 2. The van der Waals surface area contributed by atoms with Crippen molar-refractivity contribution in [2.75, 3.05) is 19.6 Å². The summed E-state index contributed by atoms with van der Waals surface area (Å²) < 4.78 is 0. The number of aromatic nitrogens is 1. The molecule has 1 saturated carbocycles. The van der Waals surface area contributed by atoms with E-state index in [0.29, 0.717) is 31.7 Å². The summed E-state index contributed by atoms with van der Waals surface area (Å²) in [5, 5.41) is 4.99. The molecular weight excluding hydrogens is 460 g/mol. The van der Waals surface area contributed by atoms with E-state index in [1.165, 1.54) is 5.56 Å². The molecule has 2 aromatic carbocycles. The number of fused-ring (bicyclic) bond motifs is 1. The number of H-pyrrole nitrogens is 1. The first-order valence-corrected chi connectivity index (χ1v) is 13.0. The summed E-state index contributed by atoms with van der Waals surface area (Å²) in [6, 6.07) is 15.5. The lowest BCUT2D eigenvalue weighted by Crippen LogP contribution is -2.73. The van der Waals surface area contributed by atoms with Gasteiger partial charge in [0.05, 0.1) is 0 Å². The van der Waals surface area contributed by atoms with Gasteiger partial charge in [0.1, 0.15) is 11.6 Å². The van der Waals surface area contributed by atoms with E-state index in [-0.39, 0.29) is 11.8 Å². The first-order chi connectivity index (χ1) is 17.0. The molecule has 6 nitrogen and oxygen atoms in total. The average Bonchev–Trinajstić information content (AvgIpc) is 3.61. The van der Waals surface area contributed by atoms with Crippen LogP contribution in [0.5, 0.6) is 0 Å². The van der Waals surface area contributed by atoms with Crippen LogP contribution in [0.4, 0.5) is 0 Å². The molecule has 35 heavy (non-hydrogen) atoms. The Morgan fingerprint density at radius 1 is 1.00 bits per heavy atom. The van der Waals surface area contributed by atoms with Gasteiger partial charge in [0.25, 0.3) is 0 Å². The largest absolute Gasteiger partial charge is 0.361 e. The number of amides is 2. The van der Waals surface area contributed by atoms with E-state index in [1.807, 2.05) is 41.4 Å². The maximum absolute atomic E-state index is 13.8. The van der Waals surface area contributed by atoms with Crippen LogP contribution in [-0.2, 0) is 22.6 Å². The second kappa shape index (κ2) is 8.99. The fourth-order valence-electron chi connectivity index (χ4n) is 5.78. The SMILES string of the molecule is O=C1[C@@H](Cc2c[nH]c3ccccc23)NC(=O)C2(CCN(Cc3ccc(Cl)cc3)CC2)N1CC1CC1. The van der Waals surface area contributed by atoms with Gasteiger partial charge in [-0.2, -0.15) is 0 Å². The van der Waals surface area contributed by atoms with E-state index in [4.69, 9.17) is 11.6 Å². The minimum atomic E-state index is -0.729.